The summed E-state index contributed by atoms with van der Waals surface area (Å²) in [6.07, 6.45) is 34.7. The van der Waals surface area contributed by atoms with Gasteiger partial charge < -0.3 is 23.8 Å². The number of carboxylic acids is 1. The second-order valence-electron chi connectivity index (χ2n) is 14.2. The highest BCUT2D eigenvalue weighted by molar-refractivity contribution is 5.72. The van der Waals surface area contributed by atoms with Gasteiger partial charge in [-0.15, -0.1) is 0 Å². The van der Waals surface area contributed by atoms with Crippen molar-refractivity contribution in [3.8, 4) is 0 Å². The van der Waals surface area contributed by atoms with Crippen LogP contribution in [0, 0.1) is 0 Å². The van der Waals surface area contributed by atoms with Gasteiger partial charge in [-0.25, -0.2) is 4.79 Å². The number of hydrogen-bond acceptors (Lipinski definition) is 6. The minimum absolute atomic E-state index is 0.0469. The lowest BCUT2D eigenvalue weighted by Gasteiger charge is -2.31. The van der Waals surface area contributed by atoms with Gasteiger partial charge in [0.1, 0.15) is 6.61 Å². The van der Waals surface area contributed by atoms with E-state index in [-0.39, 0.29) is 36.2 Å². The van der Waals surface area contributed by atoms with E-state index < -0.39 is 18.1 Å². The van der Waals surface area contributed by atoms with Gasteiger partial charge in [0.05, 0.1) is 34.4 Å². The molecule has 0 aliphatic heterocycles. The second-order valence-corrected chi connectivity index (χ2v) is 14.2. The van der Waals surface area contributed by atoms with Crippen LogP contribution >= 0.6 is 0 Å². The fraction of sp³-hybridized carbons (Fsp3) is 0.780. The number of esters is 2. The highest BCUT2D eigenvalue weighted by atomic mass is 16.6. The van der Waals surface area contributed by atoms with E-state index in [9.17, 15) is 19.5 Å². The molecule has 2 unspecified atom stereocenters. The number of allylic oxidation sites excluding steroid dienone is 6. The number of rotatable bonds is 34. The highest BCUT2D eigenvalue weighted by Gasteiger charge is 2.31. The zero-order valence-corrected chi connectivity index (χ0v) is 32.1. The average molecular weight is 693 g/mol. The maximum absolute atomic E-state index is 12.6. The molecule has 0 aromatic heterocycles. The Balaban J connectivity index is 4.48. The number of ether oxygens (including phenoxy) is 3. The first-order valence-electron chi connectivity index (χ1n) is 19.5. The molecule has 0 radical (unpaired) electrons. The number of unbranched alkanes of at least 4 members (excludes halogenated alkanes) is 15. The van der Waals surface area contributed by atoms with Crippen molar-refractivity contribution in [3.05, 3.63) is 36.5 Å². The third-order valence-electron chi connectivity index (χ3n) is 8.54. The number of hydrogen-bond donors (Lipinski definition) is 1. The van der Waals surface area contributed by atoms with Gasteiger partial charge in [0.25, 0.3) is 0 Å². The van der Waals surface area contributed by atoms with Crippen LogP contribution in [-0.4, -0.2) is 80.6 Å². The number of likely N-dealkylation sites (N-methyl/N-ethyl adjacent to an activating group) is 1. The van der Waals surface area contributed by atoms with Crippen LogP contribution in [0.25, 0.3) is 0 Å². The molecule has 0 fully saturated rings. The monoisotopic (exact) mass is 693 g/mol. The number of quaternary nitrogens is 1. The molecule has 284 valence electrons. The summed E-state index contributed by atoms with van der Waals surface area (Å²) in [5.74, 6) is -1.53. The fourth-order valence-corrected chi connectivity index (χ4v) is 5.41. The smallest absolute Gasteiger partial charge is 0.362 e. The minimum Gasteiger partial charge on any atom is -0.477 e. The molecule has 0 amide bonds. The lowest BCUT2D eigenvalue weighted by atomic mass is 10.1. The molecule has 0 rings (SSSR count). The van der Waals surface area contributed by atoms with Crippen LogP contribution in [-0.2, 0) is 28.6 Å². The zero-order chi connectivity index (χ0) is 36.4. The molecule has 0 spiro atoms. The van der Waals surface area contributed by atoms with E-state index in [1.165, 1.54) is 57.8 Å². The molecule has 0 aromatic carbocycles. The molecule has 2 atom stereocenters. The Morgan fingerprint density at radius 2 is 1.10 bits per heavy atom. The van der Waals surface area contributed by atoms with Crippen LogP contribution in [0.5, 0.6) is 0 Å². The standard InChI is InChI=1S/C41H73NO7/c1-6-8-10-12-14-16-18-19-20-22-24-26-28-30-32-40(44)49-37(35-47-34-33-38(41(45)46)42(3,4)5)36-48-39(43)31-29-27-25-23-21-17-15-13-11-9-7-2/h13,15,17,20-22,37-38H,6-12,14,16,18-19,23-36H2,1-5H3/p+1/b15-13+,21-17+,22-20+. The highest BCUT2D eigenvalue weighted by Crippen LogP contribution is 2.12. The Kier molecular flexibility index (Phi) is 31.1. The molecule has 0 bridgehead atoms. The van der Waals surface area contributed by atoms with E-state index in [0.717, 1.165) is 64.2 Å². The van der Waals surface area contributed by atoms with Crippen molar-refractivity contribution in [2.75, 3.05) is 41.0 Å². The van der Waals surface area contributed by atoms with Crippen LogP contribution in [0.4, 0.5) is 0 Å². The Morgan fingerprint density at radius 3 is 1.65 bits per heavy atom. The number of carboxylic acid groups (broad SMARTS) is 1. The zero-order valence-electron chi connectivity index (χ0n) is 32.1. The van der Waals surface area contributed by atoms with Gasteiger partial charge in [-0.1, -0.05) is 115 Å². The summed E-state index contributed by atoms with van der Waals surface area (Å²) in [7, 11) is 5.50. The summed E-state index contributed by atoms with van der Waals surface area (Å²) < 4.78 is 17.1. The summed E-state index contributed by atoms with van der Waals surface area (Å²) in [4.78, 5) is 36.7. The summed E-state index contributed by atoms with van der Waals surface area (Å²) in [6, 6.07) is -0.619. The molecular weight excluding hydrogens is 618 g/mol. The average Bonchev–Trinajstić information content (AvgIpc) is 3.05. The maximum Gasteiger partial charge on any atom is 0.362 e. The summed E-state index contributed by atoms with van der Waals surface area (Å²) in [5.41, 5.74) is 0. The number of nitrogens with zero attached hydrogens (tertiary/aromatic N) is 1. The molecule has 0 saturated heterocycles. The minimum atomic E-state index is -0.882. The van der Waals surface area contributed by atoms with Crippen molar-refractivity contribution in [3.63, 3.8) is 0 Å². The number of carbonyl (C=O) groups excluding carboxylic acids is 2. The van der Waals surface area contributed by atoms with Crippen LogP contribution in [0.3, 0.4) is 0 Å². The van der Waals surface area contributed by atoms with Gasteiger partial charge in [-0.05, 0) is 57.8 Å². The van der Waals surface area contributed by atoms with Crippen molar-refractivity contribution < 1.29 is 38.2 Å². The van der Waals surface area contributed by atoms with Crippen molar-refractivity contribution >= 4 is 17.9 Å². The quantitative estimate of drug-likeness (QED) is 0.0236. The van der Waals surface area contributed by atoms with Crippen molar-refractivity contribution in [1.82, 2.24) is 0 Å². The van der Waals surface area contributed by atoms with Crippen molar-refractivity contribution in [2.24, 2.45) is 0 Å². The Labute approximate surface area is 300 Å². The van der Waals surface area contributed by atoms with Gasteiger partial charge in [-0.2, -0.15) is 0 Å². The van der Waals surface area contributed by atoms with Crippen LogP contribution in [0.1, 0.15) is 155 Å². The molecule has 0 heterocycles. The van der Waals surface area contributed by atoms with Crippen molar-refractivity contribution in [1.29, 1.82) is 0 Å². The first kappa shape index (κ1) is 46.5. The van der Waals surface area contributed by atoms with Gasteiger partial charge in [0.15, 0.2) is 12.1 Å². The van der Waals surface area contributed by atoms with Crippen LogP contribution in [0.15, 0.2) is 36.5 Å². The lowest BCUT2D eigenvalue weighted by molar-refractivity contribution is -0.887. The lowest BCUT2D eigenvalue weighted by Crippen LogP contribution is -2.50. The fourth-order valence-electron chi connectivity index (χ4n) is 5.41. The Hall–Kier alpha value is -2.45. The van der Waals surface area contributed by atoms with E-state index in [4.69, 9.17) is 14.2 Å². The molecule has 0 aliphatic rings. The van der Waals surface area contributed by atoms with E-state index >= 15 is 0 Å². The van der Waals surface area contributed by atoms with Crippen LogP contribution < -0.4 is 0 Å². The van der Waals surface area contributed by atoms with Crippen LogP contribution in [0.2, 0.25) is 0 Å². The topological polar surface area (TPSA) is 99.1 Å². The molecule has 8 nitrogen and oxygen atoms in total. The Morgan fingerprint density at radius 1 is 0.612 bits per heavy atom. The molecule has 0 saturated carbocycles. The summed E-state index contributed by atoms with van der Waals surface area (Å²) >= 11 is 0. The molecule has 0 aromatic rings. The van der Waals surface area contributed by atoms with Gasteiger partial charge in [-0.3, -0.25) is 9.59 Å². The molecule has 0 aliphatic carbocycles. The number of aliphatic carboxylic acids is 1. The molecule has 49 heavy (non-hydrogen) atoms. The van der Waals surface area contributed by atoms with Gasteiger partial charge in [0, 0.05) is 19.3 Å². The third-order valence-corrected chi connectivity index (χ3v) is 8.54. The SMILES string of the molecule is CCCC/C=C/C=C/CCCCCC(=O)OCC(COCCC(C(=O)O)[N+](C)(C)C)OC(=O)CCCCC/C=C/CCCCCCCCC. The van der Waals surface area contributed by atoms with E-state index in [0.29, 0.717) is 19.3 Å². The van der Waals surface area contributed by atoms with E-state index in [1.807, 2.05) is 21.1 Å². The van der Waals surface area contributed by atoms with Gasteiger partial charge >= 0.3 is 17.9 Å². The summed E-state index contributed by atoms with van der Waals surface area (Å²) in [6.45, 7) is 4.62. The number of carbonyl (C=O) groups is 3. The molecule has 1 N–H and O–H groups in total. The first-order valence-corrected chi connectivity index (χ1v) is 19.5. The maximum atomic E-state index is 12.6. The van der Waals surface area contributed by atoms with E-state index in [1.54, 1.807) is 0 Å². The van der Waals surface area contributed by atoms with E-state index in [2.05, 4.69) is 50.3 Å². The third kappa shape index (κ3) is 31.3. The normalized spacial score (nSPS) is 13.4. The Bertz CT molecular complexity index is 906. The largest absolute Gasteiger partial charge is 0.477 e. The van der Waals surface area contributed by atoms with Crippen molar-refractivity contribution in [2.45, 2.75) is 167 Å². The first-order chi connectivity index (χ1) is 23.6. The summed E-state index contributed by atoms with van der Waals surface area (Å²) in [5, 5.41) is 9.58. The predicted molar refractivity (Wildman–Crippen MR) is 201 cm³/mol. The van der Waals surface area contributed by atoms with Gasteiger partial charge in [0.2, 0.25) is 0 Å². The predicted octanol–water partition coefficient (Wildman–Crippen LogP) is 9.91. The molecule has 8 heteroatoms. The second kappa shape index (κ2) is 32.7. The molecular formula is C41H74NO7+.